The van der Waals surface area contributed by atoms with Gasteiger partial charge in [-0.3, -0.25) is 24.1 Å². The fourth-order valence-corrected chi connectivity index (χ4v) is 9.87. The highest BCUT2D eigenvalue weighted by Crippen LogP contribution is 2.39. The van der Waals surface area contributed by atoms with Gasteiger partial charge in [-0.1, -0.05) is 69.6 Å². The highest BCUT2D eigenvalue weighted by Gasteiger charge is 2.28. The summed E-state index contributed by atoms with van der Waals surface area (Å²) < 4.78 is 30.2. The molecule has 1 saturated heterocycles. The highest BCUT2D eigenvalue weighted by atomic mass is 35.5. The van der Waals surface area contributed by atoms with Crippen molar-refractivity contribution in [3.05, 3.63) is 140 Å². The van der Waals surface area contributed by atoms with E-state index in [1.54, 1.807) is 55.5 Å². The molecule has 3 unspecified atom stereocenters. The summed E-state index contributed by atoms with van der Waals surface area (Å²) in [6.45, 7) is 16.5. The summed E-state index contributed by atoms with van der Waals surface area (Å²) in [6.07, 6.45) is -0.432. The van der Waals surface area contributed by atoms with Crippen molar-refractivity contribution in [2.45, 2.75) is 72.9 Å². The van der Waals surface area contributed by atoms with Gasteiger partial charge in [-0.25, -0.2) is 4.98 Å². The van der Waals surface area contributed by atoms with E-state index in [1.807, 2.05) is 51.4 Å². The van der Waals surface area contributed by atoms with Crippen LogP contribution in [0.4, 0.5) is 0 Å². The second-order valence-electron chi connectivity index (χ2n) is 17.9. The van der Waals surface area contributed by atoms with Gasteiger partial charge in [-0.15, -0.1) is 0 Å². The van der Waals surface area contributed by atoms with Crippen molar-refractivity contribution in [3.8, 4) is 39.5 Å². The Hall–Kier alpha value is -5.54. The maximum Gasteiger partial charge on any atom is 0.207 e. The number of halogens is 6. The maximum absolute atomic E-state index is 12.6. The average Bonchev–Trinajstić information content (AvgIpc) is 3.98. The first-order valence-corrected chi connectivity index (χ1v) is 26.9. The van der Waals surface area contributed by atoms with E-state index in [-0.39, 0.29) is 30.1 Å². The van der Waals surface area contributed by atoms with Crippen LogP contribution in [0.1, 0.15) is 37.9 Å². The Morgan fingerprint density at radius 1 is 0.662 bits per heavy atom. The number of nitrogens with one attached hydrogen (secondary N) is 3. The topological polar surface area (TPSA) is 213 Å². The molecule has 0 spiro atoms. The number of aromatic amines is 3. The van der Waals surface area contributed by atoms with Crippen molar-refractivity contribution in [2.75, 3.05) is 46.2 Å². The summed E-state index contributed by atoms with van der Waals surface area (Å²) in [7, 11) is 0. The zero-order valence-electron chi connectivity index (χ0n) is 42.8. The van der Waals surface area contributed by atoms with E-state index in [0.717, 1.165) is 64.8 Å². The van der Waals surface area contributed by atoms with Crippen molar-refractivity contribution in [1.82, 2.24) is 44.7 Å². The highest BCUT2D eigenvalue weighted by molar-refractivity contribution is 6.38. The second kappa shape index (κ2) is 25.9. The van der Waals surface area contributed by atoms with Gasteiger partial charge in [0, 0.05) is 86.9 Å². The molecule has 23 heteroatoms. The van der Waals surface area contributed by atoms with E-state index < -0.39 is 6.10 Å². The number of ether oxygens (including phenoxy) is 5. The molecule has 406 valence electrons. The molecule has 0 amide bonds. The third-order valence-corrected chi connectivity index (χ3v) is 13.5. The summed E-state index contributed by atoms with van der Waals surface area (Å²) in [4.78, 5) is 35.4. The van der Waals surface area contributed by atoms with Crippen molar-refractivity contribution >= 4 is 103 Å². The number of aryl methyl sites for hydroxylation is 3. The van der Waals surface area contributed by atoms with E-state index in [9.17, 15) is 14.7 Å². The smallest absolute Gasteiger partial charge is 0.207 e. The molecule has 3 atom stereocenters. The molecular weight excluding hydrogens is 1120 g/mol. The Balaban J connectivity index is 0.000000145. The predicted octanol–water partition coefficient (Wildman–Crippen LogP) is 11.9. The summed E-state index contributed by atoms with van der Waals surface area (Å²) in [6, 6.07) is 20.6. The van der Waals surface area contributed by atoms with Gasteiger partial charge in [-0.2, -0.15) is 15.3 Å². The number of aromatic nitrogens is 9. The number of H-pyrrole nitrogens is 3. The molecule has 8 heterocycles. The number of epoxide rings is 1. The quantitative estimate of drug-likeness (QED) is 0.0749. The third-order valence-electron chi connectivity index (χ3n) is 11.9. The molecule has 0 radical (unpaired) electrons. The number of fused-ring (bicyclic) bond motifs is 2. The number of aliphatic hydroxyl groups is 1. The molecule has 0 bridgehead atoms. The van der Waals surface area contributed by atoms with Crippen molar-refractivity contribution in [2.24, 2.45) is 0 Å². The van der Waals surface area contributed by atoms with E-state index in [0.29, 0.717) is 107 Å². The Bertz CT molecular complexity index is 3670. The predicted molar refractivity (Wildman–Crippen MR) is 305 cm³/mol. The second-order valence-corrected chi connectivity index (χ2v) is 20.4. The van der Waals surface area contributed by atoms with Crippen LogP contribution >= 0.6 is 69.6 Å². The molecule has 4 N–H and O–H groups in total. The van der Waals surface area contributed by atoms with Crippen LogP contribution in [-0.4, -0.2) is 114 Å². The van der Waals surface area contributed by atoms with E-state index in [1.165, 1.54) is 16.8 Å². The maximum atomic E-state index is 12.6. The number of benzene rings is 3. The van der Waals surface area contributed by atoms with Gasteiger partial charge in [0.2, 0.25) is 10.9 Å². The molecule has 2 aliphatic rings. The number of aliphatic hydroxyl groups excluding tert-OH is 1. The minimum absolute atomic E-state index is 0.0779. The van der Waals surface area contributed by atoms with Gasteiger partial charge >= 0.3 is 0 Å². The van der Waals surface area contributed by atoms with Gasteiger partial charge in [0.1, 0.15) is 57.1 Å². The van der Waals surface area contributed by atoms with Crippen LogP contribution in [0.3, 0.4) is 0 Å². The lowest BCUT2D eigenvalue weighted by Crippen LogP contribution is -2.32. The molecule has 0 aliphatic carbocycles. The van der Waals surface area contributed by atoms with Crippen LogP contribution in [0, 0.1) is 20.8 Å². The Morgan fingerprint density at radius 2 is 1.21 bits per heavy atom. The van der Waals surface area contributed by atoms with Gasteiger partial charge < -0.3 is 38.8 Å². The number of rotatable bonds is 14. The van der Waals surface area contributed by atoms with Gasteiger partial charge in [0.25, 0.3) is 0 Å². The number of nitrogens with zero attached hydrogens (tertiary/aromatic N) is 6. The normalized spacial score (nSPS) is 14.8. The van der Waals surface area contributed by atoms with Crippen LogP contribution < -0.4 is 15.6 Å². The van der Waals surface area contributed by atoms with E-state index in [4.69, 9.17) is 98.4 Å². The lowest BCUT2D eigenvalue weighted by Gasteiger charge is -2.24. The molecular formula is C54H55Cl6N9O8. The summed E-state index contributed by atoms with van der Waals surface area (Å²) in [5.74, 6) is 0.780. The van der Waals surface area contributed by atoms with Gasteiger partial charge in [0.05, 0.1) is 71.7 Å². The molecule has 2 aliphatic heterocycles. The van der Waals surface area contributed by atoms with Crippen molar-refractivity contribution in [1.29, 1.82) is 0 Å². The molecule has 6 aromatic heterocycles. The van der Waals surface area contributed by atoms with E-state index >= 15 is 0 Å². The zero-order chi connectivity index (χ0) is 55.1. The molecule has 1 fully saturated rings. The molecule has 11 rings (SSSR count). The van der Waals surface area contributed by atoms with Crippen LogP contribution in [0.25, 0.3) is 66.9 Å². The lowest BCUT2D eigenvalue weighted by molar-refractivity contribution is 0.0323. The van der Waals surface area contributed by atoms with Crippen LogP contribution in [0.15, 0.2) is 82.4 Å². The van der Waals surface area contributed by atoms with Crippen LogP contribution in [0.5, 0.6) is 5.75 Å². The molecule has 0 saturated carbocycles. The number of hydrogen-bond donors (Lipinski definition) is 4. The first-order valence-electron chi connectivity index (χ1n) is 24.6. The van der Waals surface area contributed by atoms with Crippen LogP contribution in [-0.2, 0) is 32.0 Å². The lowest BCUT2D eigenvalue weighted by atomic mass is 10.1. The monoisotopic (exact) mass is 1170 g/mol. The molecule has 3 aromatic carbocycles. The van der Waals surface area contributed by atoms with Gasteiger partial charge in [0.15, 0.2) is 0 Å². The SMILES string of the molecule is CCOCC(O)Cn1nc(-c2ccc(Cl)cc2Cl)c2[nH]c(C)cc(=O)c21.CCOCC1CO1.CCOCC1Cn2nc(-c3ccc(Cl)cc3Cl)c3nc(C)cc(c32)O1.Cc1cc(=O)c2[nH]nc(-c3ccc(Cl)cc3Cl)c2[nH]1. The average molecular weight is 1170 g/mol. The number of hydrogen-bond acceptors (Lipinski definition) is 12. The minimum atomic E-state index is -0.785. The summed E-state index contributed by atoms with van der Waals surface area (Å²) >= 11 is 36.8. The van der Waals surface area contributed by atoms with Crippen molar-refractivity contribution in [3.63, 3.8) is 0 Å². The summed E-state index contributed by atoms with van der Waals surface area (Å²) in [5, 5.41) is 29.5. The minimum Gasteiger partial charge on any atom is -0.484 e. The van der Waals surface area contributed by atoms with Crippen LogP contribution in [0.2, 0.25) is 30.1 Å². The number of pyridine rings is 3. The fourth-order valence-electron chi connectivity index (χ4n) is 8.37. The molecule has 9 aromatic rings. The first kappa shape index (κ1) is 57.6. The molecule has 17 nitrogen and oxygen atoms in total. The Labute approximate surface area is 472 Å². The zero-order valence-corrected chi connectivity index (χ0v) is 47.3. The standard InChI is InChI=1S/C18H19Cl2N3O3.C18H17Cl2N3O2.C13H9Cl2N3O.C5H10O2/c1-3-26-9-12(24)8-23-18-15(25)6-10(2)21-17(18)16(22-23)13-5-4-11(19)7-14(13)20;1-3-24-9-12-8-23-18-15(25-12)6-10(2)21-17(18)16(22-23)13-5-4-11(19)7-14(13)20;1-6-4-10(19)12-13(16-6)11(17-18-12)8-3-2-7(14)5-9(8)15;1-2-6-3-5-4-7-5/h4-7,12,24H,3,8-9H2,1-2H3,(H,21,25);4-7,12H,3,8-9H2,1-2H3;2-5H,1H3,(H,16,19)(H,17,18);5H,2-4H2,1H3. The van der Waals surface area contributed by atoms with Gasteiger partial charge in [-0.05, 0) is 96.1 Å². The Morgan fingerprint density at radius 3 is 1.78 bits per heavy atom. The largest absolute Gasteiger partial charge is 0.484 e. The van der Waals surface area contributed by atoms with Crippen molar-refractivity contribution < 1.29 is 28.8 Å². The first-order chi connectivity index (χ1) is 37.0. The summed E-state index contributed by atoms with van der Waals surface area (Å²) in [5.41, 5.74) is 9.84. The van der Waals surface area contributed by atoms with E-state index in [2.05, 4.69) is 30.2 Å². The fraction of sp³-hybridized carbons (Fsp3) is 0.333. The molecule has 77 heavy (non-hydrogen) atoms. The Kier molecular flexibility index (Phi) is 19.4. The third kappa shape index (κ3) is 14.0.